The highest BCUT2D eigenvalue weighted by Crippen LogP contribution is 2.32. The van der Waals surface area contributed by atoms with E-state index in [2.05, 4.69) is 35.6 Å². The molecule has 0 radical (unpaired) electrons. The minimum Gasteiger partial charge on any atom is -0.478 e. The molecule has 1 N–H and O–H groups in total. The molecule has 1 aliphatic heterocycles. The van der Waals surface area contributed by atoms with E-state index in [1.54, 1.807) is 0 Å². The van der Waals surface area contributed by atoms with Crippen LogP contribution in [0.5, 0.6) is 5.75 Å². The smallest absolute Gasteiger partial charge is 0.140 e. The maximum absolute atomic E-state index is 5.56. The molecule has 2 nitrogen and oxygen atoms in total. The number of benzene rings is 2. The van der Waals surface area contributed by atoms with Crippen LogP contribution < -0.4 is 10.1 Å². The fourth-order valence-electron chi connectivity index (χ4n) is 2.11. The Hall–Kier alpha value is -1.80. The molecule has 2 aromatic rings. The van der Waals surface area contributed by atoms with E-state index in [1.807, 2.05) is 24.3 Å². The molecule has 0 fully saturated rings. The number of hydrogen-bond acceptors (Lipinski definition) is 2. The third-order valence-electron chi connectivity index (χ3n) is 2.88. The van der Waals surface area contributed by atoms with E-state index in [0.717, 1.165) is 5.75 Å². The fraction of sp³-hybridized carbons (Fsp3) is 0.143. The van der Waals surface area contributed by atoms with Crippen LogP contribution in [0.15, 0.2) is 54.6 Å². The van der Waals surface area contributed by atoms with Crippen LogP contribution in [0.2, 0.25) is 0 Å². The van der Waals surface area contributed by atoms with E-state index in [1.165, 1.54) is 11.1 Å². The topological polar surface area (TPSA) is 21.3 Å². The minimum absolute atomic E-state index is 0.242. The first-order chi connectivity index (χ1) is 7.95. The Morgan fingerprint density at radius 1 is 0.938 bits per heavy atom. The molecule has 0 aliphatic carbocycles. The van der Waals surface area contributed by atoms with Gasteiger partial charge in [0.15, 0.2) is 0 Å². The van der Waals surface area contributed by atoms with E-state index < -0.39 is 0 Å². The van der Waals surface area contributed by atoms with Crippen LogP contribution >= 0.6 is 0 Å². The zero-order valence-electron chi connectivity index (χ0n) is 8.89. The van der Waals surface area contributed by atoms with Crippen LogP contribution in [0, 0.1) is 0 Å². The summed E-state index contributed by atoms with van der Waals surface area (Å²) in [5.74, 6) is 0.982. The van der Waals surface area contributed by atoms with Gasteiger partial charge in [0.1, 0.15) is 12.5 Å². The highest BCUT2D eigenvalue weighted by atomic mass is 16.5. The predicted molar refractivity (Wildman–Crippen MR) is 63.4 cm³/mol. The first kappa shape index (κ1) is 9.43. The van der Waals surface area contributed by atoms with Crippen LogP contribution in [-0.2, 0) is 0 Å². The average molecular weight is 211 g/mol. The van der Waals surface area contributed by atoms with E-state index in [9.17, 15) is 0 Å². The zero-order chi connectivity index (χ0) is 10.8. The lowest BCUT2D eigenvalue weighted by molar-refractivity contribution is 0.243. The van der Waals surface area contributed by atoms with Crippen molar-refractivity contribution in [3.63, 3.8) is 0 Å². The summed E-state index contributed by atoms with van der Waals surface area (Å²) in [6, 6.07) is 18.9. The molecule has 3 rings (SSSR count). The second-order valence-electron chi connectivity index (χ2n) is 3.87. The molecular weight excluding hydrogens is 198 g/mol. The lowest BCUT2D eigenvalue weighted by Crippen LogP contribution is -2.31. The van der Waals surface area contributed by atoms with Crippen molar-refractivity contribution in [2.45, 2.75) is 6.04 Å². The Kier molecular flexibility index (Phi) is 2.35. The first-order valence-corrected chi connectivity index (χ1v) is 5.45. The Morgan fingerprint density at radius 3 is 2.56 bits per heavy atom. The number of rotatable bonds is 1. The summed E-state index contributed by atoms with van der Waals surface area (Å²) in [5.41, 5.74) is 2.48. The van der Waals surface area contributed by atoms with Crippen molar-refractivity contribution in [3.05, 3.63) is 65.7 Å². The minimum atomic E-state index is 0.242. The molecular formula is C14H13NO. The first-order valence-electron chi connectivity index (χ1n) is 5.45. The molecule has 0 saturated carbocycles. The van der Waals surface area contributed by atoms with Gasteiger partial charge in [0.05, 0.1) is 6.04 Å². The molecule has 2 aromatic carbocycles. The van der Waals surface area contributed by atoms with Gasteiger partial charge < -0.3 is 4.74 Å². The van der Waals surface area contributed by atoms with Crippen molar-refractivity contribution in [1.82, 2.24) is 5.32 Å². The van der Waals surface area contributed by atoms with Crippen LogP contribution in [0.1, 0.15) is 17.2 Å². The largest absolute Gasteiger partial charge is 0.478 e. The van der Waals surface area contributed by atoms with Gasteiger partial charge in [-0.1, -0.05) is 48.5 Å². The molecule has 2 heteroatoms. The number of para-hydroxylation sites is 1. The van der Waals surface area contributed by atoms with Crippen molar-refractivity contribution in [2.24, 2.45) is 0 Å². The Morgan fingerprint density at radius 2 is 1.69 bits per heavy atom. The summed E-state index contributed by atoms with van der Waals surface area (Å²) in [6.45, 7) is 0.566. The van der Waals surface area contributed by atoms with Gasteiger partial charge in [-0.05, 0) is 11.6 Å². The monoisotopic (exact) mass is 211 g/mol. The summed E-state index contributed by atoms with van der Waals surface area (Å²) in [7, 11) is 0. The number of nitrogens with one attached hydrogen (secondary N) is 1. The molecule has 0 saturated heterocycles. The van der Waals surface area contributed by atoms with Crippen LogP contribution in [0.25, 0.3) is 0 Å². The molecule has 1 unspecified atom stereocenters. The van der Waals surface area contributed by atoms with Crippen molar-refractivity contribution < 1.29 is 4.74 Å². The fourth-order valence-corrected chi connectivity index (χ4v) is 2.11. The van der Waals surface area contributed by atoms with Gasteiger partial charge >= 0.3 is 0 Å². The summed E-state index contributed by atoms with van der Waals surface area (Å²) < 4.78 is 5.56. The Bertz CT molecular complexity index is 481. The van der Waals surface area contributed by atoms with Crippen molar-refractivity contribution in [2.75, 3.05) is 6.73 Å². The van der Waals surface area contributed by atoms with Gasteiger partial charge in [0, 0.05) is 5.56 Å². The van der Waals surface area contributed by atoms with Crippen LogP contribution in [-0.4, -0.2) is 6.73 Å². The third kappa shape index (κ3) is 1.57. The van der Waals surface area contributed by atoms with Crippen LogP contribution in [0.4, 0.5) is 0 Å². The van der Waals surface area contributed by atoms with Gasteiger partial charge in [0.25, 0.3) is 0 Å². The van der Waals surface area contributed by atoms with Gasteiger partial charge in [-0.2, -0.15) is 0 Å². The maximum atomic E-state index is 5.56. The number of fused-ring (bicyclic) bond motifs is 1. The van der Waals surface area contributed by atoms with Gasteiger partial charge in [-0.3, -0.25) is 5.32 Å². The van der Waals surface area contributed by atoms with E-state index in [4.69, 9.17) is 4.74 Å². The molecule has 1 aliphatic rings. The molecule has 0 aromatic heterocycles. The standard InChI is InChI=1S/C14H13NO/c1-2-6-11(7-3-1)14-12-8-4-5-9-13(12)16-10-15-14/h1-9,14-15H,10H2. The third-order valence-corrected chi connectivity index (χ3v) is 2.88. The highest BCUT2D eigenvalue weighted by Gasteiger charge is 2.21. The Labute approximate surface area is 94.9 Å². The second-order valence-corrected chi connectivity index (χ2v) is 3.87. The van der Waals surface area contributed by atoms with E-state index in [-0.39, 0.29) is 6.04 Å². The average Bonchev–Trinajstić information content (AvgIpc) is 2.39. The summed E-state index contributed by atoms with van der Waals surface area (Å²) in [4.78, 5) is 0. The summed E-state index contributed by atoms with van der Waals surface area (Å²) in [5, 5.41) is 3.37. The highest BCUT2D eigenvalue weighted by molar-refractivity contribution is 5.42. The molecule has 80 valence electrons. The molecule has 16 heavy (non-hydrogen) atoms. The van der Waals surface area contributed by atoms with Crippen molar-refractivity contribution >= 4 is 0 Å². The molecule has 0 spiro atoms. The summed E-state index contributed by atoms with van der Waals surface area (Å²) in [6.07, 6.45) is 0. The normalized spacial score (nSPS) is 18.6. The lowest BCUT2D eigenvalue weighted by atomic mass is 9.97. The summed E-state index contributed by atoms with van der Waals surface area (Å²) >= 11 is 0. The second kappa shape index (κ2) is 3.99. The van der Waals surface area contributed by atoms with Gasteiger partial charge in [0.2, 0.25) is 0 Å². The zero-order valence-corrected chi connectivity index (χ0v) is 8.89. The molecule has 1 heterocycles. The molecule has 1 atom stereocenters. The van der Waals surface area contributed by atoms with Gasteiger partial charge in [-0.25, -0.2) is 0 Å². The SMILES string of the molecule is c1ccc(C2NCOc3ccccc32)cc1. The predicted octanol–water partition coefficient (Wildman–Crippen LogP) is 2.72. The van der Waals surface area contributed by atoms with E-state index in [0.29, 0.717) is 6.73 Å². The quantitative estimate of drug-likeness (QED) is 0.783. The van der Waals surface area contributed by atoms with Crippen molar-refractivity contribution in [1.29, 1.82) is 0 Å². The lowest BCUT2D eigenvalue weighted by Gasteiger charge is -2.27. The molecule has 0 amide bonds. The van der Waals surface area contributed by atoms with Crippen LogP contribution in [0.3, 0.4) is 0 Å². The number of hydrogen-bond donors (Lipinski definition) is 1. The number of ether oxygens (including phenoxy) is 1. The van der Waals surface area contributed by atoms with E-state index >= 15 is 0 Å². The van der Waals surface area contributed by atoms with Gasteiger partial charge in [-0.15, -0.1) is 0 Å². The van der Waals surface area contributed by atoms with Crippen molar-refractivity contribution in [3.8, 4) is 5.75 Å². The maximum Gasteiger partial charge on any atom is 0.140 e. The Balaban J connectivity index is 2.05. The molecule has 0 bridgehead atoms.